The molecule has 0 atom stereocenters. The number of amides is 1. The number of carbonyl (C=O) groups excluding carboxylic acids is 1. The molecule has 0 aromatic carbocycles. The average molecular weight is 377 g/mol. The first-order chi connectivity index (χ1) is 12.3. The summed E-state index contributed by atoms with van der Waals surface area (Å²) in [7, 11) is 0. The molecular weight excluding hydrogens is 348 g/mol. The Morgan fingerprint density at radius 1 is 1.26 bits per heavy atom. The van der Waals surface area contributed by atoms with E-state index >= 15 is 0 Å². The molecule has 2 heterocycles. The van der Waals surface area contributed by atoms with Gasteiger partial charge in [0, 0.05) is 31.5 Å². The van der Waals surface area contributed by atoms with Gasteiger partial charge in [0.2, 0.25) is 11.8 Å². The molecule has 6 heteroatoms. The highest BCUT2D eigenvalue weighted by molar-refractivity contribution is 5.92. The predicted molar refractivity (Wildman–Crippen MR) is 104 cm³/mol. The zero-order valence-electron chi connectivity index (χ0n) is 17.0. The lowest BCUT2D eigenvalue weighted by Gasteiger charge is -2.45. The predicted octanol–water partition coefficient (Wildman–Crippen LogP) is 5.46. The van der Waals surface area contributed by atoms with Gasteiger partial charge in [0.1, 0.15) is 5.82 Å². The van der Waals surface area contributed by atoms with Crippen LogP contribution in [0.25, 0.3) is 11.0 Å². The topological polar surface area (TPSA) is 46.9 Å². The van der Waals surface area contributed by atoms with Crippen LogP contribution < -0.4 is 5.32 Å². The van der Waals surface area contributed by atoms with E-state index in [1.165, 1.54) is 0 Å². The van der Waals surface area contributed by atoms with Crippen molar-refractivity contribution >= 4 is 22.8 Å². The van der Waals surface area contributed by atoms with E-state index in [0.29, 0.717) is 18.8 Å². The fraction of sp³-hybridized carbons (Fsp3) is 0.619. The molecule has 2 aromatic rings. The van der Waals surface area contributed by atoms with E-state index in [9.17, 15) is 13.6 Å². The van der Waals surface area contributed by atoms with Crippen molar-refractivity contribution in [1.29, 1.82) is 0 Å². The summed E-state index contributed by atoms with van der Waals surface area (Å²) < 4.78 is 28.8. The van der Waals surface area contributed by atoms with Crippen molar-refractivity contribution in [2.24, 2.45) is 10.8 Å². The summed E-state index contributed by atoms with van der Waals surface area (Å²) in [4.78, 5) is 16.9. The maximum absolute atomic E-state index is 13.4. The molecule has 0 unspecified atom stereocenters. The van der Waals surface area contributed by atoms with E-state index in [2.05, 4.69) is 14.9 Å². The van der Waals surface area contributed by atoms with Crippen LogP contribution >= 0.6 is 0 Å². The zero-order valence-corrected chi connectivity index (χ0v) is 17.0. The first-order valence-corrected chi connectivity index (χ1v) is 9.42. The number of pyridine rings is 1. The third kappa shape index (κ3) is 4.30. The molecule has 27 heavy (non-hydrogen) atoms. The number of aromatic nitrogens is 2. The van der Waals surface area contributed by atoms with E-state index in [1.807, 2.05) is 53.7 Å². The molecule has 0 saturated heterocycles. The summed E-state index contributed by atoms with van der Waals surface area (Å²) in [5.74, 6) is -2.03. The highest BCUT2D eigenvalue weighted by Gasteiger charge is 2.53. The first-order valence-electron chi connectivity index (χ1n) is 9.42. The molecule has 1 saturated carbocycles. The van der Waals surface area contributed by atoms with Gasteiger partial charge in [-0.3, -0.25) is 4.79 Å². The van der Waals surface area contributed by atoms with Crippen molar-refractivity contribution in [2.75, 3.05) is 5.32 Å². The molecule has 3 rings (SSSR count). The number of nitrogens with one attached hydrogen (secondary N) is 1. The van der Waals surface area contributed by atoms with Crippen LogP contribution in [0.15, 0.2) is 12.1 Å². The molecular formula is C21H29F2N3O. The van der Waals surface area contributed by atoms with Gasteiger partial charge in [0.15, 0.2) is 0 Å². The van der Waals surface area contributed by atoms with Gasteiger partial charge in [-0.05, 0) is 42.4 Å². The minimum atomic E-state index is -2.54. The second-order valence-corrected chi connectivity index (χ2v) is 9.74. The smallest absolute Gasteiger partial charge is 0.249 e. The lowest BCUT2D eigenvalue weighted by molar-refractivity contribution is -0.158. The third-order valence-electron chi connectivity index (χ3n) is 5.14. The number of hydrogen-bond acceptors (Lipinski definition) is 2. The van der Waals surface area contributed by atoms with Gasteiger partial charge in [0.25, 0.3) is 0 Å². The largest absolute Gasteiger partial charge is 0.343 e. The Labute approximate surface area is 159 Å². The van der Waals surface area contributed by atoms with Crippen molar-refractivity contribution in [3.63, 3.8) is 0 Å². The summed E-state index contributed by atoms with van der Waals surface area (Å²) in [6.45, 7) is 12.4. The first kappa shape index (κ1) is 19.8. The fourth-order valence-electron chi connectivity index (χ4n) is 4.09. The number of carbonyl (C=O) groups is 1. The Bertz CT molecular complexity index is 885. The van der Waals surface area contributed by atoms with Crippen molar-refractivity contribution in [3.05, 3.63) is 23.4 Å². The standard InChI is InChI=1S/C21H29F2N3O/c1-13-7-16-15(24-18(13)25-17(27)9-19(3,4)5)8-14(2)26(16)12-20(6)10-21(22,23)11-20/h7-8H,9-12H2,1-6H3,(H,24,25,27). The minimum absolute atomic E-state index is 0.0576. The molecule has 0 aliphatic heterocycles. The molecule has 1 fully saturated rings. The van der Waals surface area contributed by atoms with Gasteiger partial charge in [0.05, 0.1) is 11.0 Å². The van der Waals surface area contributed by atoms with Crippen LogP contribution in [0, 0.1) is 24.7 Å². The molecule has 4 nitrogen and oxygen atoms in total. The third-order valence-corrected chi connectivity index (χ3v) is 5.14. The van der Waals surface area contributed by atoms with Gasteiger partial charge >= 0.3 is 0 Å². The summed E-state index contributed by atoms with van der Waals surface area (Å²) in [6.07, 6.45) is 0.262. The minimum Gasteiger partial charge on any atom is -0.343 e. The van der Waals surface area contributed by atoms with E-state index in [4.69, 9.17) is 0 Å². The number of fused-ring (bicyclic) bond motifs is 1. The van der Waals surface area contributed by atoms with Crippen LogP contribution in [0.4, 0.5) is 14.6 Å². The van der Waals surface area contributed by atoms with Crippen molar-refractivity contribution in [2.45, 2.75) is 73.3 Å². The van der Waals surface area contributed by atoms with E-state index < -0.39 is 11.3 Å². The lowest BCUT2D eigenvalue weighted by Crippen LogP contribution is -2.46. The number of rotatable bonds is 4. The Kier molecular flexibility index (Phi) is 4.60. The summed E-state index contributed by atoms with van der Waals surface area (Å²) >= 11 is 0. The molecule has 0 radical (unpaired) electrons. The molecule has 1 amide bonds. The number of nitrogens with zero attached hydrogens (tertiary/aromatic N) is 2. The molecule has 0 bridgehead atoms. The van der Waals surface area contributed by atoms with Gasteiger partial charge < -0.3 is 9.88 Å². The van der Waals surface area contributed by atoms with Gasteiger partial charge in [-0.1, -0.05) is 27.7 Å². The van der Waals surface area contributed by atoms with Gasteiger partial charge in [-0.15, -0.1) is 0 Å². The number of alkyl halides is 2. The number of hydrogen-bond donors (Lipinski definition) is 1. The van der Waals surface area contributed by atoms with Crippen LogP contribution in [-0.2, 0) is 11.3 Å². The number of halogens is 2. The van der Waals surface area contributed by atoms with E-state index in [1.54, 1.807) is 0 Å². The van der Waals surface area contributed by atoms with Crippen LogP contribution in [0.5, 0.6) is 0 Å². The normalized spacial score (nSPS) is 18.4. The Balaban J connectivity index is 1.86. The number of anilines is 1. The Hall–Kier alpha value is -1.98. The summed E-state index contributed by atoms with van der Waals surface area (Å²) in [5, 5.41) is 2.91. The maximum atomic E-state index is 13.4. The second-order valence-electron chi connectivity index (χ2n) is 9.74. The quantitative estimate of drug-likeness (QED) is 0.769. The Morgan fingerprint density at radius 2 is 1.89 bits per heavy atom. The molecule has 0 spiro atoms. The summed E-state index contributed by atoms with van der Waals surface area (Å²) in [5.41, 5.74) is 3.07. The summed E-state index contributed by atoms with van der Waals surface area (Å²) in [6, 6.07) is 3.94. The maximum Gasteiger partial charge on any atom is 0.249 e. The van der Waals surface area contributed by atoms with Gasteiger partial charge in [-0.2, -0.15) is 0 Å². The lowest BCUT2D eigenvalue weighted by atomic mass is 9.67. The van der Waals surface area contributed by atoms with Crippen LogP contribution in [-0.4, -0.2) is 21.4 Å². The molecule has 1 N–H and O–H groups in total. The zero-order chi connectivity index (χ0) is 20.2. The Morgan fingerprint density at radius 3 is 2.44 bits per heavy atom. The highest BCUT2D eigenvalue weighted by atomic mass is 19.3. The van der Waals surface area contributed by atoms with E-state index in [-0.39, 0.29) is 24.2 Å². The molecule has 1 aliphatic rings. The highest BCUT2D eigenvalue weighted by Crippen LogP contribution is 2.53. The number of aryl methyl sites for hydroxylation is 2. The average Bonchev–Trinajstić information content (AvgIpc) is 2.70. The SMILES string of the molecule is Cc1cc2c(cc(C)n2CC2(C)CC(F)(F)C2)nc1NC(=O)CC(C)(C)C. The van der Waals surface area contributed by atoms with Crippen LogP contribution in [0.3, 0.4) is 0 Å². The van der Waals surface area contributed by atoms with Crippen molar-refractivity contribution < 1.29 is 13.6 Å². The second kappa shape index (κ2) is 6.28. The molecule has 148 valence electrons. The molecule has 2 aromatic heterocycles. The van der Waals surface area contributed by atoms with Crippen molar-refractivity contribution in [3.8, 4) is 0 Å². The van der Waals surface area contributed by atoms with Crippen molar-refractivity contribution in [1.82, 2.24) is 9.55 Å². The monoisotopic (exact) mass is 377 g/mol. The molecule has 1 aliphatic carbocycles. The van der Waals surface area contributed by atoms with Crippen LogP contribution in [0.2, 0.25) is 0 Å². The van der Waals surface area contributed by atoms with E-state index in [0.717, 1.165) is 22.3 Å². The van der Waals surface area contributed by atoms with Gasteiger partial charge in [-0.25, -0.2) is 13.8 Å². The fourth-order valence-corrected chi connectivity index (χ4v) is 4.09. The van der Waals surface area contributed by atoms with Crippen LogP contribution in [0.1, 0.15) is 58.2 Å².